The highest BCUT2D eigenvalue weighted by Crippen LogP contribution is 2.10. The van der Waals surface area contributed by atoms with Crippen molar-refractivity contribution in [2.75, 3.05) is 0 Å². The number of carboxylic acids is 1. The zero-order valence-corrected chi connectivity index (χ0v) is 13.1. The molecule has 2 amide bonds. The summed E-state index contributed by atoms with van der Waals surface area (Å²) in [7, 11) is 0. The molecule has 0 fully saturated rings. The van der Waals surface area contributed by atoms with Crippen molar-refractivity contribution in [3.8, 4) is 0 Å². The number of carbonyl (C=O) groups excluding carboxylic acids is 1. The van der Waals surface area contributed by atoms with E-state index in [2.05, 4.69) is 26.6 Å². The van der Waals surface area contributed by atoms with Crippen LogP contribution in [0.2, 0.25) is 0 Å². The minimum Gasteiger partial charge on any atom is -0.480 e. The Kier molecular flexibility index (Phi) is 6.51. The second-order valence-corrected chi connectivity index (χ2v) is 5.89. The molecule has 0 aliphatic carbocycles. The van der Waals surface area contributed by atoms with Gasteiger partial charge in [0.1, 0.15) is 6.04 Å². The normalized spacial score (nSPS) is 12.0. The predicted octanol–water partition coefficient (Wildman–Crippen LogP) is 2.75. The van der Waals surface area contributed by atoms with E-state index in [1.807, 2.05) is 38.1 Å². The van der Waals surface area contributed by atoms with Crippen LogP contribution in [-0.4, -0.2) is 23.1 Å². The molecule has 0 bridgehead atoms. The van der Waals surface area contributed by atoms with Gasteiger partial charge >= 0.3 is 12.0 Å². The van der Waals surface area contributed by atoms with Crippen LogP contribution in [0.1, 0.15) is 25.8 Å². The second-order valence-electron chi connectivity index (χ2n) is 4.97. The van der Waals surface area contributed by atoms with Crippen molar-refractivity contribution in [1.82, 2.24) is 10.6 Å². The van der Waals surface area contributed by atoms with Crippen molar-refractivity contribution in [3.05, 3.63) is 34.3 Å². The van der Waals surface area contributed by atoms with Gasteiger partial charge in [0.25, 0.3) is 0 Å². The Bertz CT molecular complexity index is 460. The standard InChI is InChI=1S/C14H19BrN2O3/c1-9(2)7-12(13(18)19)17-14(20)16-8-10-3-5-11(15)6-4-10/h3-6,9,12H,7-8H2,1-2H3,(H,18,19)(H2,16,17,20)/t12-/m1/s1. The minimum absolute atomic E-state index is 0.197. The minimum atomic E-state index is -1.02. The van der Waals surface area contributed by atoms with Gasteiger partial charge < -0.3 is 15.7 Å². The number of carboxylic acid groups (broad SMARTS) is 1. The Morgan fingerprint density at radius 1 is 1.25 bits per heavy atom. The molecule has 5 nitrogen and oxygen atoms in total. The molecule has 3 N–H and O–H groups in total. The average molecular weight is 343 g/mol. The summed E-state index contributed by atoms with van der Waals surface area (Å²) in [6, 6.07) is 6.20. The fourth-order valence-corrected chi connectivity index (χ4v) is 1.95. The van der Waals surface area contributed by atoms with E-state index < -0.39 is 18.0 Å². The van der Waals surface area contributed by atoms with Crippen LogP contribution in [0.4, 0.5) is 4.79 Å². The van der Waals surface area contributed by atoms with Gasteiger partial charge in [-0.15, -0.1) is 0 Å². The number of halogens is 1. The number of urea groups is 1. The number of aliphatic carboxylic acids is 1. The first kappa shape index (κ1) is 16.5. The summed E-state index contributed by atoms with van der Waals surface area (Å²) in [6.45, 7) is 4.18. The van der Waals surface area contributed by atoms with E-state index in [-0.39, 0.29) is 5.92 Å². The Hall–Kier alpha value is -1.56. The molecule has 1 rings (SSSR count). The van der Waals surface area contributed by atoms with Gasteiger partial charge in [-0.2, -0.15) is 0 Å². The highest BCUT2D eigenvalue weighted by molar-refractivity contribution is 9.10. The predicted molar refractivity (Wildman–Crippen MR) is 80.4 cm³/mol. The molecule has 0 heterocycles. The molecular formula is C14H19BrN2O3. The van der Waals surface area contributed by atoms with Crippen LogP contribution in [0.5, 0.6) is 0 Å². The third-order valence-corrected chi connectivity index (χ3v) is 3.21. The molecule has 0 saturated heterocycles. The van der Waals surface area contributed by atoms with Crippen molar-refractivity contribution in [2.24, 2.45) is 5.92 Å². The summed E-state index contributed by atoms with van der Waals surface area (Å²) >= 11 is 3.33. The van der Waals surface area contributed by atoms with Crippen LogP contribution in [0.15, 0.2) is 28.7 Å². The summed E-state index contributed by atoms with van der Waals surface area (Å²) < 4.78 is 0.966. The average Bonchev–Trinajstić information content (AvgIpc) is 2.36. The fourth-order valence-electron chi connectivity index (χ4n) is 1.69. The quantitative estimate of drug-likeness (QED) is 0.743. The number of amides is 2. The molecule has 1 atom stereocenters. The molecule has 0 aromatic heterocycles. The van der Waals surface area contributed by atoms with Crippen molar-refractivity contribution < 1.29 is 14.7 Å². The number of carbonyl (C=O) groups is 2. The Balaban J connectivity index is 2.45. The molecule has 0 spiro atoms. The largest absolute Gasteiger partial charge is 0.480 e. The number of rotatable bonds is 6. The van der Waals surface area contributed by atoms with E-state index >= 15 is 0 Å². The van der Waals surface area contributed by atoms with Gasteiger partial charge in [-0.3, -0.25) is 0 Å². The first-order valence-electron chi connectivity index (χ1n) is 6.40. The highest BCUT2D eigenvalue weighted by atomic mass is 79.9. The molecule has 0 unspecified atom stereocenters. The zero-order valence-electron chi connectivity index (χ0n) is 11.5. The lowest BCUT2D eigenvalue weighted by Gasteiger charge is -2.17. The van der Waals surface area contributed by atoms with Crippen LogP contribution in [-0.2, 0) is 11.3 Å². The lowest BCUT2D eigenvalue weighted by Crippen LogP contribution is -2.46. The Morgan fingerprint density at radius 3 is 2.35 bits per heavy atom. The summed E-state index contributed by atoms with van der Waals surface area (Å²) in [4.78, 5) is 22.7. The Labute approximate surface area is 126 Å². The third kappa shape index (κ3) is 6.06. The van der Waals surface area contributed by atoms with Gasteiger partial charge in [0.05, 0.1) is 0 Å². The van der Waals surface area contributed by atoms with Gasteiger partial charge in [0.2, 0.25) is 0 Å². The molecule has 1 aromatic rings. The lowest BCUT2D eigenvalue weighted by atomic mass is 10.0. The Morgan fingerprint density at radius 2 is 1.85 bits per heavy atom. The summed E-state index contributed by atoms with van der Waals surface area (Å²) in [5.74, 6) is -0.819. The van der Waals surface area contributed by atoms with E-state index in [0.29, 0.717) is 13.0 Å². The van der Waals surface area contributed by atoms with Gasteiger partial charge in [-0.25, -0.2) is 9.59 Å². The summed E-state index contributed by atoms with van der Waals surface area (Å²) in [5.41, 5.74) is 0.944. The van der Waals surface area contributed by atoms with E-state index in [1.165, 1.54) is 0 Å². The highest BCUT2D eigenvalue weighted by Gasteiger charge is 2.20. The number of nitrogens with one attached hydrogen (secondary N) is 2. The molecular weight excluding hydrogens is 324 g/mol. The van der Waals surface area contributed by atoms with Gasteiger partial charge in [-0.1, -0.05) is 41.9 Å². The van der Waals surface area contributed by atoms with Gasteiger partial charge in [0, 0.05) is 11.0 Å². The smallest absolute Gasteiger partial charge is 0.326 e. The molecule has 20 heavy (non-hydrogen) atoms. The van der Waals surface area contributed by atoms with Gasteiger partial charge in [0.15, 0.2) is 0 Å². The van der Waals surface area contributed by atoms with Crippen LogP contribution in [0, 0.1) is 5.92 Å². The number of hydrogen-bond acceptors (Lipinski definition) is 2. The van der Waals surface area contributed by atoms with Crippen molar-refractivity contribution in [1.29, 1.82) is 0 Å². The maximum absolute atomic E-state index is 11.7. The summed E-state index contributed by atoms with van der Waals surface area (Å²) in [5, 5.41) is 14.2. The van der Waals surface area contributed by atoms with Crippen molar-refractivity contribution >= 4 is 27.9 Å². The monoisotopic (exact) mass is 342 g/mol. The molecule has 6 heteroatoms. The van der Waals surface area contributed by atoms with Crippen LogP contribution in [0.3, 0.4) is 0 Å². The molecule has 0 radical (unpaired) electrons. The van der Waals surface area contributed by atoms with Crippen molar-refractivity contribution in [3.63, 3.8) is 0 Å². The first-order chi connectivity index (χ1) is 9.38. The van der Waals surface area contributed by atoms with E-state index in [1.54, 1.807) is 0 Å². The second kappa shape index (κ2) is 7.89. The topological polar surface area (TPSA) is 78.4 Å². The SMILES string of the molecule is CC(C)C[C@@H](NC(=O)NCc1ccc(Br)cc1)C(=O)O. The van der Waals surface area contributed by atoms with E-state index in [9.17, 15) is 9.59 Å². The lowest BCUT2D eigenvalue weighted by molar-refractivity contribution is -0.139. The van der Waals surface area contributed by atoms with Gasteiger partial charge in [-0.05, 0) is 30.0 Å². The molecule has 110 valence electrons. The molecule has 0 saturated carbocycles. The zero-order chi connectivity index (χ0) is 15.1. The maximum atomic E-state index is 11.7. The van der Waals surface area contributed by atoms with Crippen molar-refractivity contribution in [2.45, 2.75) is 32.9 Å². The molecule has 1 aromatic carbocycles. The van der Waals surface area contributed by atoms with Crippen LogP contribution >= 0.6 is 15.9 Å². The fraction of sp³-hybridized carbons (Fsp3) is 0.429. The number of hydrogen-bond donors (Lipinski definition) is 3. The van der Waals surface area contributed by atoms with E-state index in [0.717, 1.165) is 10.0 Å². The maximum Gasteiger partial charge on any atom is 0.326 e. The van der Waals surface area contributed by atoms with E-state index in [4.69, 9.17) is 5.11 Å². The summed E-state index contributed by atoms with van der Waals surface area (Å²) in [6.07, 6.45) is 0.404. The third-order valence-electron chi connectivity index (χ3n) is 2.68. The number of benzene rings is 1. The molecule has 0 aliphatic rings. The van der Waals surface area contributed by atoms with Crippen LogP contribution in [0.25, 0.3) is 0 Å². The van der Waals surface area contributed by atoms with Crippen LogP contribution < -0.4 is 10.6 Å². The molecule has 0 aliphatic heterocycles. The first-order valence-corrected chi connectivity index (χ1v) is 7.19.